The smallest absolute Gasteiger partial charge is 0.171 e. The molecule has 0 aliphatic rings. The van der Waals surface area contributed by atoms with Crippen LogP contribution in [-0.2, 0) is 4.57 Å². The summed E-state index contributed by atoms with van der Waals surface area (Å²) in [6.45, 7) is 0. The maximum Gasteiger partial charge on any atom is 0.171 e. The Morgan fingerprint density at radius 1 is 0.478 bits per heavy atom. The zero-order valence-corrected chi connectivity index (χ0v) is 13.4. The van der Waals surface area contributed by atoms with Crippen molar-refractivity contribution < 1.29 is 4.57 Å². The summed E-state index contributed by atoms with van der Waals surface area (Å²) in [5.74, 6) is 0. The van der Waals surface area contributed by atoms with E-state index in [9.17, 15) is 4.57 Å². The van der Waals surface area contributed by atoms with Crippen molar-refractivity contribution in [1.29, 1.82) is 0 Å². The number of nitrogens with two attached hydrogens (primary N) is 3. The van der Waals surface area contributed by atoms with E-state index < -0.39 is 7.14 Å². The summed E-state index contributed by atoms with van der Waals surface area (Å²) in [5, 5.41) is 2.17. The second kappa shape index (κ2) is 5.82. The molecule has 116 valence electrons. The lowest BCUT2D eigenvalue weighted by molar-refractivity contribution is 0.592. The highest BCUT2D eigenvalue weighted by Gasteiger charge is 2.29. The van der Waals surface area contributed by atoms with E-state index in [0.29, 0.717) is 17.1 Å². The summed E-state index contributed by atoms with van der Waals surface area (Å²) in [5.41, 5.74) is 19.2. The summed E-state index contributed by atoms with van der Waals surface area (Å²) >= 11 is 0. The molecule has 0 saturated carbocycles. The number of anilines is 3. The Kier molecular flexibility index (Phi) is 3.85. The third kappa shape index (κ3) is 2.81. The minimum Gasteiger partial charge on any atom is -0.399 e. The molecule has 0 spiro atoms. The summed E-state index contributed by atoms with van der Waals surface area (Å²) < 4.78 is 14.0. The highest BCUT2D eigenvalue weighted by atomic mass is 31.2. The van der Waals surface area contributed by atoms with Gasteiger partial charge in [0.1, 0.15) is 0 Å². The van der Waals surface area contributed by atoms with Crippen molar-refractivity contribution >= 4 is 40.1 Å². The Balaban J connectivity index is 2.24. The molecule has 5 heteroatoms. The third-order valence-electron chi connectivity index (χ3n) is 3.77. The number of hydrogen-bond acceptors (Lipinski definition) is 4. The van der Waals surface area contributed by atoms with Gasteiger partial charge in [-0.25, -0.2) is 0 Å². The Labute approximate surface area is 135 Å². The molecule has 3 aromatic carbocycles. The van der Waals surface area contributed by atoms with Crippen LogP contribution in [-0.4, -0.2) is 0 Å². The van der Waals surface area contributed by atoms with Crippen LogP contribution in [0.3, 0.4) is 0 Å². The maximum absolute atomic E-state index is 14.0. The van der Waals surface area contributed by atoms with Gasteiger partial charge < -0.3 is 21.8 Å². The summed E-state index contributed by atoms with van der Waals surface area (Å²) in [4.78, 5) is 0. The number of nitrogen functional groups attached to an aromatic ring is 3. The van der Waals surface area contributed by atoms with Gasteiger partial charge in [0.05, 0.1) is 0 Å². The van der Waals surface area contributed by atoms with Gasteiger partial charge >= 0.3 is 0 Å². The van der Waals surface area contributed by atoms with Crippen molar-refractivity contribution in [2.24, 2.45) is 0 Å². The van der Waals surface area contributed by atoms with Crippen molar-refractivity contribution in [3.05, 3.63) is 72.8 Å². The Bertz CT molecular complexity index is 739. The van der Waals surface area contributed by atoms with Gasteiger partial charge in [-0.3, -0.25) is 0 Å². The number of hydrogen-bond donors (Lipinski definition) is 3. The van der Waals surface area contributed by atoms with E-state index in [4.69, 9.17) is 17.2 Å². The second-order valence-corrected chi connectivity index (χ2v) is 8.15. The zero-order valence-electron chi connectivity index (χ0n) is 12.5. The predicted molar refractivity (Wildman–Crippen MR) is 99.1 cm³/mol. The molecule has 6 N–H and O–H groups in total. The van der Waals surface area contributed by atoms with Gasteiger partial charge in [0.15, 0.2) is 7.14 Å². The van der Waals surface area contributed by atoms with Crippen LogP contribution in [0.4, 0.5) is 17.1 Å². The first kappa shape index (κ1) is 15.2. The standard InChI is InChI=1S/C18H18N3OP/c19-13-1-7-16(8-2-13)23(22,17-9-3-14(20)4-10-17)18-11-5-15(21)6-12-18/h1-12H,19-21H2. The van der Waals surface area contributed by atoms with E-state index in [1.165, 1.54) is 0 Å². The quantitative estimate of drug-likeness (QED) is 0.508. The predicted octanol–water partition coefficient (Wildman–Crippen LogP) is 2.07. The molecule has 23 heavy (non-hydrogen) atoms. The summed E-state index contributed by atoms with van der Waals surface area (Å²) in [6.07, 6.45) is 0. The van der Waals surface area contributed by atoms with E-state index in [-0.39, 0.29) is 0 Å². The lowest BCUT2D eigenvalue weighted by Crippen LogP contribution is -2.25. The molecule has 0 fully saturated rings. The monoisotopic (exact) mass is 323 g/mol. The van der Waals surface area contributed by atoms with E-state index >= 15 is 0 Å². The molecule has 3 aromatic rings. The van der Waals surface area contributed by atoms with Crippen molar-refractivity contribution in [3.63, 3.8) is 0 Å². The first-order valence-electron chi connectivity index (χ1n) is 7.18. The van der Waals surface area contributed by atoms with Crippen LogP contribution < -0.4 is 33.1 Å². The van der Waals surface area contributed by atoms with Crippen LogP contribution in [0.2, 0.25) is 0 Å². The van der Waals surface area contributed by atoms with Crippen LogP contribution in [0.5, 0.6) is 0 Å². The van der Waals surface area contributed by atoms with Gasteiger partial charge in [0.2, 0.25) is 0 Å². The molecule has 0 heterocycles. The molecule has 0 aliphatic heterocycles. The molecule has 0 saturated heterocycles. The van der Waals surface area contributed by atoms with Gasteiger partial charge in [0, 0.05) is 33.0 Å². The molecule has 0 unspecified atom stereocenters. The molecular weight excluding hydrogens is 305 g/mol. The molecule has 0 bridgehead atoms. The highest BCUT2D eigenvalue weighted by Crippen LogP contribution is 2.42. The lowest BCUT2D eigenvalue weighted by atomic mass is 10.3. The zero-order chi connectivity index (χ0) is 16.4. The fourth-order valence-corrected chi connectivity index (χ4v) is 5.10. The topological polar surface area (TPSA) is 95.1 Å². The third-order valence-corrected chi connectivity index (χ3v) is 6.85. The van der Waals surface area contributed by atoms with Crippen LogP contribution in [0, 0.1) is 0 Å². The molecule has 0 radical (unpaired) electrons. The van der Waals surface area contributed by atoms with Crippen LogP contribution in [0.15, 0.2) is 72.8 Å². The SMILES string of the molecule is Nc1ccc(P(=O)(c2ccc(N)cc2)c2ccc(N)cc2)cc1. The molecule has 0 amide bonds. The van der Waals surface area contributed by atoms with Gasteiger partial charge in [-0.05, 0) is 72.8 Å². The molecule has 0 aromatic heterocycles. The fraction of sp³-hybridized carbons (Fsp3) is 0. The lowest BCUT2D eigenvalue weighted by Gasteiger charge is -2.20. The fourth-order valence-electron chi connectivity index (χ4n) is 2.50. The van der Waals surface area contributed by atoms with E-state index in [1.54, 1.807) is 36.4 Å². The van der Waals surface area contributed by atoms with Gasteiger partial charge in [0.25, 0.3) is 0 Å². The summed E-state index contributed by atoms with van der Waals surface area (Å²) in [6, 6.07) is 21.4. The Morgan fingerprint density at radius 3 is 0.913 bits per heavy atom. The van der Waals surface area contributed by atoms with Crippen LogP contribution in [0.25, 0.3) is 0 Å². The molecule has 0 aliphatic carbocycles. The first-order chi connectivity index (χ1) is 11.0. The van der Waals surface area contributed by atoms with E-state index in [0.717, 1.165) is 15.9 Å². The van der Waals surface area contributed by atoms with Crippen LogP contribution >= 0.6 is 7.14 Å². The Morgan fingerprint density at radius 2 is 0.696 bits per heavy atom. The second-order valence-electron chi connectivity index (χ2n) is 5.38. The minimum atomic E-state index is -3.00. The van der Waals surface area contributed by atoms with Crippen molar-refractivity contribution in [2.45, 2.75) is 0 Å². The van der Waals surface area contributed by atoms with Crippen molar-refractivity contribution in [2.75, 3.05) is 17.2 Å². The molecule has 0 atom stereocenters. The summed E-state index contributed by atoms with van der Waals surface area (Å²) in [7, 11) is -3.00. The number of rotatable bonds is 3. The maximum atomic E-state index is 14.0. The first-order valence-corrected chi connectivity index (χ1v) is 8.89. The van der Waals surface area contributed by atoms with E-state index in [2.05, 4.69) is 0 Å². The van der Waals surface area contributed by atoms with Crippen molar-refractivity contribution in [1.82, 2.24) is 0 Å². The average molecular weight is 323 g/mol. The minimum absolute atomic E-state index is 0.634. The Hall–Kier alpha value is -2.71. The van der Waals surface area contributed by atoms with Crippen molar-refractivity contribution in [3.8, 4) is 0 Å². The van der Waals surface area contributed by atoms with Gasteiger partial charge in [-0.2, -0.15) is 0 Å². The average Bonchev–Trinajstić information content (AvgIpc) is 2.56. The van der Waals surface area contributed by atoms with Gasteiger partial charge in [-0.1, -0.05) is 0 Å². The number of benzene rings is 3. The molecule has 3 rings (SSSR count). The normalized spacial score (nSPS) is 11.3. The van der Waals surface area contributed by atoms with Crippen LogP contribution in [0.1, 0.15) is 0 Å². The highest BCUT2D eigenvalue weighted by molar-refractivity contribution is 7.85. The molecular formula is C18H18N3OP. The largest absolute Gasteiger partial charge is 0.399 e. The molecule has 4 nitrogen and oxygen atoms in total. The van der Waals surface area contributed by atoms with E-state index in [1.807, 2.05) is 36.4 Å². The van der Waals surface area contributed by atoms with Gasteiger partial charge in [-0.15, -0.1) is 0 Å².